The monoisotopic (exact) mass is 251 g/mol. The van der Waals surface area contributed by atoms with Crippen molar-refractivity contribution in [2.45, 2.75) is 19.3 Å². The van der Waals surface area contributed by atoms with E-state index in [-0.39, 0.29) is 0 Å². The van der Waals surface area contributed by atoms with Crippen molar-refractivity contribution in [2.24, 2.45) is 11.8 Å². The molecule has 0 amide bonds. The molecule has 0 heterocycles. The van der Waals surface area contributed by atoms with Crippen LogP contribution in [0.25, 0.3) is 0 Å². The predicted octanol–water partition coefficient (Wildman–Crippen LogP) is 4.90. The molecule has 82 valence electrons. The van der Waals surface area contributed by atoms with Crippen LogP contribution in [0, 0.1) is 17.8 Å². The lowest BCUT2D eigenvalue weighted by molar-refractivity contribution is 0.609. The van der Waals surface area contributed by atoms with Gasteiger partial charge in [-0.05, 0) is 31.9 Å². The number of hydrogen-bond donors (Lipinski definition) is 0. The van der Waals surface area contributed by atoms with Crippen molar-refractivity contribution in [1.82, 2.24) is 0 Å². The van der Waals surface area contributed by atoms with Crippen LogP contribution < -0.4 is 0 Å². The molecule has 2 atom stereocenters. The van der Waals surface area contributed by atoms with Crippen molar-refractivity contribution >= 4 is 23.2 Å². The minimum Gasteiger partial charge on any atom is -0.0723 e. The van der Waals surface area contributed by atoms with E-state index in [1.165, 1.54) is 36.3 Å². The van der Waals surface area contributed by atoms with Gasteiger partial charge in [0.2, 0.25) is 0 Å². The summed E-state index contributed by atoms with van der Waals surface area (Å²) in [7, 11) is 0. The summed E-state index contributed by atoms with van der Waals surface area (Å²) in [5.74, 6) is 2.80. The van der Waals surface area contributed by atoms with Crippen molar-refractivity contribution in [2.75, 3.05) is 0 Å². The lowest BCUT2D eigenvalue weighted by atomic mass is 9.80. The molecule has 0 nitrogen and oxygen atoms in total. The second-order valence-corrected chi connectivity index (χ2v) is 5.68. The van der Waals surface area contributed by atoms with Crippen molar-refractivity contribution in [1.29, 1.82) is 0 Å². The highest BCUT2D eigenvalue weighted by molar-refractivity contribution is 6.34. The highest BCUT2D eigenvalue weighted by Crippen LogP contribution is 2.55. The largest absolute Gasteiger partial charge is 0.102 e. The molecular weight excluding hydrogens is 239 g/mol. The number of rotatable bonds is 1. The van der Waals surface area contributed by atoms with Crippen LogP contribution in [0.3, 0.4) is 0 Å². The van der Waals surface area contributed by atoms with Crippen LogP contribution in [0.2, 0.25) is 10.0 Å². The molecular formula is C14H13Cl2+. The van der Waals surface area contributed by atoms with Gasteiger partial charge in [-0.2, -0.15) is 0 Å². The van der Waals surface area contributed by atoms with Gasteiger partial charge in [-0.15, -0.1) is 0 Å². The first-order valence-corrected chi connectivity index (χ1v) is 6.43. The molecule has 1 aromatic rings. The Morgan fingerprint density at radius 2 is 1.81 bits per heavy atom. The van der Waals surface area contributed by atoms with Crippen LogP contribution in [0.5, 0.6) is 0 Å². The molecule has 2 unspecified atom stereocenters. The third-order valence-corrected chi connectivity index (χ3v) is 4.29. The van der Waals surface area contributed by atoms with E-state index in [2.05, 4.69) is 6.58 Å². The van der Waals surface area contributed by atoms with E-state index in [0.29, 0.717) is 21.9 Å². The Kier molecular flexibility index (Phi) is 2.45. The Labute approximate surface area is 106 Å². The molecule has 0 saturated heterocycles. The number of halogens is 2. The Bertz CT molecular complexity index is 430. The number of allylic oxidation sites excluding steroid dienone is 1. The summed E-state index contributed by atoms with van der Waals surface area (Å²) < 4.78 is 0. The predicted molar refractivity (Wildman–Crippen MR) is 68.8 cm³/mol. The lowest BCUT2D eigenvalue weighted by Crippen LogP contribution is -2.12. The van der Waals surface area contributed by atoms with E-state index in [1.807, 2.05) is 12.1 Å². The summed E-state index contributed by atoms with van der Waals surface area (Å²) in [6.07, 6.45) is 3.88. The van der Waals surface area contributed by atoms with Crippen LogP contribution in [0.4, 0.5) is 0 Å². The smallest absolute Gasteiger partial charge is 0.0723 e. The fourth-order valence-electron chi connectivity index (χ4n) is 3.17. The van der Waals surface area contributed by atoms with Gasteiger partial charge in [-0.25, -0.2) is 0 Å². The normalized spacial score (nSPS) is 27.9. The van der Waals surface area contributed by atoms with Crippen molar-refractivity contribution < 1.29 is 0 Å². The van der Waals surface area contributed by atoms with Crippen LogP contribution in [0.15, 0.2) is 30.4 Å². The third-order valence-electron chi connectivity index (χ3n) is 3.85. The topological polar surface area (TPSA) is 0 Å². The van der Waals surface area contributed by atoms with Crippen LogP contribution in [-0.2, 0) is 0 Å². The van der Waals surface area contributed by atoms with Gasteiger partial charge < -0.3 is 0 Å². The number of fused-ring (bicyclic) bond motifs is 2. The average Bonchev–Trinajstić information content (AvgIpc) is 2.75. The molecule has 0 N–H and O–H groups in total. The summed E-state index contributed by atoms with van der Waals surface area (Å²) in [5.41, 5.74) is 2.49. The Balaban J connectivity index is 2.01. The highest BCUT2D eigenvalue weighted by Gasteiger charge is 2.47. The first-order valence-electron chi connectivity index (χ1n) is 5.67. The zero-order valence-corrected chi connectivity index (χ0v) is 10.5. The molecule has 3 rings (SSSR count). The average molecular weight is 252 g/mol. The SMILES string of the molecule is C=C1[C+](c2cc(Cl)cc(Cl)c2)C2CCC1C2. The van der Waals surface area contributed by atoms with E-state index in [4.69, 9.17) is 23.2 Å². The van der Waals surface area contributed by atoms with Crippen LogP contribution in [-0.4, -0.2) is 0 Å². The van der Waals surface area contributed by atoms with E-state index in [1.54, 1.807) is 6.07 Å². The van der Waals surface area contributed by atoms with Crippen molar-refractivity contribution in [3.8, 4) is 0 Å². The molecule has 2 bridgehead atoms. The van der Waals surface area contributed by atoms with Crippen LogP contribution in [0.1, 0.15) is 24.8 Å². The van der Waals surface area contributed by atoms with Crippen molar-refractivity contribution in [3.63, 3.8) is 0 Å². The molecule has 2 aliphatic carbocycles. The van der Waals surface area contributed by atoms with E-state index < -0.39 is 0 Å². The summed E-state index contributed by atoms with van der Waals surface area (Å²) >= 11 is 12.1. The van der Waals surface area contributed by atoms with Gasteiger partial charge in [0.15, 0.2) is 0 Å². The maximum absolute atomic E-state index is 6.05. The Hall–Kier alpha value is -0.590. The molecule has 0 aliphatic heterocycles. The van der Waals surface area contributed by atoms with E-state index >= 15 is 0 Å². The first-order chi connectivity index (χ1) is 7.65. The van der Waals surface area contributed by atoms with E-state index in [9.17, 15) is 0 Å². The zero-order chi connectivity index (χ0) is 11.3. The maximum atomic E-state index is 6.05. The number of hydrogen-bond acceptors (Lipinski definition) is 0. The lowest BCUT2D eigenvalue weighted by Gasteiger charge is -2.19. The standard InChI is InChI=1S/C14H13Cl2/c1-8-9-2-3-10(4-9)14(8)11-5-12(15)7-13(16)6-11/h5-7,9-10H,1-4H2/q+1. The van der Waals surface area contributed by atoms with Crippen molar-refractivity contribution in [3.05, 3.63) is 51.9 Å². The molecule has 0 aromatic heterocycles. The molecule has 2 aliphatic rings. The summed E-state index contributed by atoms with van der Waals surface area (Å²) in [4.78, 5) is 0. The van der Waals surface area contributed by atoms with Gasteiger partial charge >= 0.3 is 0 Å². The fourth-order valence-corrected chi connectivity index (χ4v) is 3.70. The minimum atomic E-state index is 0.687. The molecule has 16 heavy (non-hydrogen) atoms. The Morgan fingerprint density at radius 1 is 1.12 bits per heavy atom. The summed E-state index contributed by atoms with van der Waals surface area (Å²) in [6.45, 7) is 4.23. The first kappa shape index (κ1) is 10.6. The molecule has 2 heteroatoms. The molecule has 2 saturated carbocycles. The maximum Gasteiger partial charge on any atom is 0.102 e. The summed E-state index contributed by atoms with van der Waals surface area (Å²) in [6, 6.07) is 5.80. The molecule has 2 fully saturated rings. The minimum absolute atomic E-state index is 0.687. The fraction of sp³-hybridized carbons (Fsp3) is 0.357. The van der Waals surface area contributed by atoms with Gasteiger partial charge in [-0.3, -0.25) is 0 Å². The van der Waals surface area contributed by atoms with E-state index in [0.717, 1.165) is 0 Å². The van der Waals surface area contributed by atoms with Gasteiger partial charge in [-0.1, -0.05) is 23.2 Å². The zero-order valence-electron chi connectivity index (χ0n) is 8.97. The Morgan fingerprint density at radius 3 is 2.38 bits per heavy atom. The molecule has 1 aromatic carbocycles. The third kappa shape index (κ3) is 1.56. The molecule has 0 radical (unpaired) electrons. The number of benzene rings is 1. The highest BCUT2D eigenvalue weighted by atomic mass is 35.5. The quantitative estimate of drug-likeness (QED) is 0.623. The summed E-state index contributed by atoms with van der Waals surface area (Å²) in [5, 5.41) is 1.43. The molecule has 0 spiro atoms. The van der Waals surface area contributed by atoms with Gasteiger partial charge in [0.25, 0.3) is 0 Å². The van der Waals surface area contributed by atoms with Gasteiger partial charge in [0.1, 0.15) is 5.56 Å². The van der Waals surface area contributed by atoms with Crippen LogP contribution >= 0.6 is 23.2 Å². The van der Waals surface area contributed by atoms with Gasteiger partial charge in [0, 0.05) is 29.5 Å². The van der Waals surface area contributed by atoms with Gasteiger partial charge in [0.05, 0.1) is 16.0 Å². The second-order valence-electron chi connectivity index (χ2n) is 4.80. The second kappa shape index (κ2) is 3.72.